The van der Waals surface area contributed by atoms with Crippen LogP contribution >= 0.6 is 11.8 Å². The first-order valence-corrected chi connectivity index (χ1v) is 9.03. The molecular weight excluding hydrogens is 324 g/mol. The molecule has 0 saturated heterocycles. The second-order valence-electron chi connectivity index (χ2n) is 4.59. The number of hydrogen-bond acceptors (Lipinski definition) is 5. The largest absolute Gasteiger partial charge is 0.468 e. The number of nitrogens with two attached hydrogens (primary N) is 1. The van der Waals surface area contributed by atoms with E-state index in [2.05, 4.69) is 5.32 Å². The number of nitrogens with one attached hydrogen (secondary N) is 1. The van der Waals surface area contributed by atoms with E-state index in [0.29, 0.717) is 11.4 Å². The number of primary sulfonamides is 1. The maximum Gasteiger partial charge on any atom is 0.238 e. The molecule has 118 valence electrons. The number of amides is 1. The van der Waals surface area contributed by atoms with E-state index in [9.17, 15) is 13.2 Å². The Kier molecular flexibility index (Phi) is 5.28. The Morgan fingerprint density at radius 2 is 2.00 bits per heavy atom. The molecule has 0 aliphatic heterocycles. The van der Waals surface area contributed by atoms with Crippen LogP contribution in [0.25, 0.3) is 0 Å². The number of rotatable bonds is 6. The Hall–Kier alpha value is -1.77. The van der Waals surface area contributed by atoms with Gasteiger partial charge in [0, 0.05) is 5.69 Å². The highest BCUT2D eigenvalue weighted by Crippen LogP contribution is 2.20. The molecule has 0 aliphatic rings. The maximum atomic E-state index is 12.0. The normalized spacial score (nSPS) is 12.8. The zero-order chi connectivity index (χ0) is 16.2. The summed E-state index contributed by atoms with van der Waals surface area (Å²) in [5.74, 6) is 1.24. The van der Waals surface area contributed by atoms with Crippen molar-refractivity contribution in [1.82, 2.24) is 0 Å². The van der Waals surface area contributed by atoms with E-state index in [4.69, 9.17) is 9.56 Å². The summed E-state index contributed by atoms with van der Waals surface area (Å²) >= 11 is 1.45. The molecular formula is C14H16N2O4S2. The van der Waals surface area contributed by atoms with E-state index in [0.717, 1.165) is 5.76 Å². The van der Waals surface area contributed by atoms with Gasteiger partial charge in [-0.15, -0.1) is 11.8 Å². The Labute approximate surface area is 133 Å². The van der Waals surface area contributed by atoms with Crippen molar-refractivity contribution in [2.75, 3.05) is 5.32 Å². The molecule has 0 radical (unpaired) electrons. The number of anilines is 1. The first-order chi connectivity index (χ1) is 10.4. The van der Waals surface area contributed by atoms with Crippen molar-refractivity contribution in [3.8, 4) is 0 Å². The van der Waals surface area contributed by atoms with E-state index >= 15 is 0 Å². The maximum absolute atomic E-state index is 12.0. The van der Waals surface area contributed by atoms with Crippen molar-refractivity contribution in [2.24, 2.45) is 5.14 Å². The Morgan fingerprint density at radius 1 is 1.32 bits per heavy atom. The number of hydrogen-bond donors (Lipinski definition) is 2. The summed E-state index contributed by atoms with van der Waals surface area (Å²) in [6.45, 7) is 1.79. The van der Waals surface area contributed by atoms with Gasteiger partial charge >= 0.3 is 0 Å². The van der Waals surface area contributed by atoms with Crippen LogP contribution in [0.3, 0.4) is 0 Å². The Balaban J connectivity index is 1.90. The van der Waals surface area contributed by atoms with Crippen LogP contribution in [0.2, 0.25) is 0 Å². The molecule has 0 unspecified atom stereocenters. The second kappa shape index (κ2) is 6.99. The summed E-state index contributed by atoms with van der Waals surface area (Å²) < 4.78 is 27.5. The number of carbonyl (C=O) groups excluding carboxylic acids is 1. The zero-order valence-electron chi connectivity index (χ0n) is 11.9. The fraction of sp³-hybridized carbons (Fsp3) is 0.214. The third-order valence-corrected chi connectivity index (χ3v) is 4.97. The molecule has 8 heteroatoms. The van der Waals surface area contributed by atoms with E-state index < -0.39 is 10.0 Å². The van der Waals surface area contributed by atoms with Gasteiger partial charge in [0.25, 0.3) is 0 Å². The molecule has 1 atom stereocenters. The zero-order valence-corrected chi connectivity index (χ0v) is 13.5. The van der Waals surface area contributed by atoms with Gasteiger partial charge in [0.15, 0.2) is 0 Å². The monoisotopic (exact) mass is 340 g/mol. The SMILES string of the molecule is C[C@H](SCc1ccco1)C(=O)Nc1ccc(S(N)(=O)=O)cc1. The highest BCUT2D eigenvalue weighted by atomic mass is 32.2. The van der Waals surface area contributed by atoms with Crippen LogP contribution in [0.15, 0.2) is 52.0 Å². The lowest BCUT2D eigenvalue weighted by Crippen LogP contribution is -2.22. The molecule has 0 fully saturated rings. The number of furan rings is 1. The first-order valence-electron chi connectivity index (χ1n) is 6.44. The van der Waals surface area contributed by atoms with Gasteiger partial charge in [0.1, 0.15) is 5.76 Å². The summed E-state index contributed by atoms with van der Waals surface area (Å²) in [7, 11) is -3.73. The standard InChI is InChI=1S/C14H16N2O4S2/c1-10(21-9-12-3-2-8-20-12)14(17)16-11-4-6-13(7-5-11)22(15,18)19/h2-8,10H,9H2,1H3,(H,16,17)(H2,15,18,19)/t10-/m0/s1. The van der Waals surface area contributed by atoms with E-state index in [-0.39, 0.29) is 16.1 Å². The third-order valence-electron chi connectivity index (χ3n) is 2.88. The van der Waals surface area contributed by atoms with Crippen LogP contribution in [0.1, 0.15) is 12.7 Å². The number of sulfonamides is 1. The Bertz CT molecular complexity index is 725. The smallest absolute Gasteiger partial charge is 0.238 e. The predicted molar refractivity (Wildman–Crippen MR) is 85.9 cm³/mol. The summed E-state index contributed by atoms with van der Waals surface area (Å²) in [5, 5.41) is 7.46. The van der Waals surface area contributed by atoms with Gasteiger partial charge in [-0.2, -0.15) is 0 Å². The van der Waals surface area contributed by atoms with Crippen LogP contribution in [0.5, 0.6) is 0 Å². The van der Waals surface area contributed by atoms with Crippen molar-refractivity contribution in [3.63, 3.8) is 0 Å². The molecule has 1 aromatic heterocycles. The fourth-order valence-corrected chi connectivity index (χ4v) is 2.95. The summed E-state index contributed by atoms with van der Waals surface area (Å²) in [5.41, 5.74) is 0.517. The van der Waals surface area contributed by atoms with Crippen LogP contribution in [-0.4, -0.2) is 19.6 Å². The minimum Gasteiger partial charge on any atom is -0.468 e. The van der Waals surface area contributed by atoms with Crippen LogP contribution in [-0.2, 0) is 20.6 Å². The number of benzene rings is 1. The molecule has 0 spiro atoms. The van der Waals surface area contributed by atoms with E-state index in [1.165, 1.54) is 36.0 Å². The first kappa shape index (κ1) is 16.6. The molecule has 6 nitrogen and oxygen atoms in total. The average Bonchev–Trinajstić information content (AvgIpc) is 2.97. The van der Waals surface area contributed by atoms with Crippen LogP contribution < -0.4 is 10.5 Å². The molecule has 22 heavy (non-hydrogen) atoms. The predicted octanol–water partition coefficient (Wildman–Crippen LogP) is 2.19. The number of carbonyl (C=O) groups is 1. The highest BCUT2D eigenvalue weighted by Gasteiger charge is 2.15. The minimum absolute atomic E-state index is 0.00532. The van der Waals surface area contributed by atoms with Gasteiger partial charge in [0.05, 0.1) is 22.2 Å². The topological polar surface area (TPSA) is 102 Å². The fourth-order valence-electron chi connectivity index (χ4n) is 1.65. The van der Waals surface area contributed by atoms with Crippen molar-refractivity contribution >= 4 is 33.4 Å². The van der Waals surface area contributed by atoms with Gasteiger partial charge < -0.3 is 9.73 Å². The molecule has 1 amide bonds. The molecule has 1 aromatic carbocycles. The van der Waals surface area contributed by atoms with Crippen molar-refractivity contribution < 1.29 is 17.6 Å². The lowest BCUT2D eigenvalue weighted by atomic mass is 10.3. The second-order valence-corrected chi connectivity index (χ2v) is 7.48. The summed E-state index contributed by atoms with van der Waals surface area (Å²) in [6.07, 6.45) is 1.59. The van der Waals surface area contributed by atoms with Crippen molar-refractivity contribution in [2.45, 2.75) is 22.8 Å². The van der Waals surface area contributed by atoms with E-state index in [1.54, 1.807) is 19.3 Å². The number of thioether (sulfide) groups is 1. The van der Waals surface area contributed by atoms with E-state index in [1.807, 2.05) is 6.07 Å². The highest BCUT2D eigenvalue weighted by molar-refractivity contribution is 7.99. The lowest BCUT2D eigenvalue weighted by Gasteiger charge is -2.11. The van der Waals surface area contributed by atoms with Crippen molar-refractivity contribution in [3.05, 3.63) is 48.4 Å². The quantitative estimate of drug-likeness (QED) is 0.839. The average molecular weight is 340 g/mol. The van der Waals surface area contributed by atoms with Gasteiger partial charge in [0.2, 0.25) is 15.9 Å². The lowest BCUT2D eigenvalue weighted by molar-refractivity contribution is -0.115. The molecule has 3 N–H and O–H groups in total. The minimum atomic E-state index is -3.73. The van der Waals surface area contributed by atoms with Crippen LogP contribution in [0, 0.1) is 0 Å². The molecule has 2 aromatic rings. The molecule has 0 aliphatic carbocycles. The molecule has 0 saturated carbocycles. The van der Waals surface area contributed by atoms with Crippen LogP contribution in [0.4, 0.5) is 5.69 Å². The van der Waals surface area contributed by atoms with Crippen molar-refractivity contribution in [1.29, 1.82) is 0 Å². The van der Waals surface area contributed by atoms with Gasteiger partial charge in [-0.05, 0) is 43.3 Å². The van der Waals surface area contributed by atoms with Gasteiger partial charge in [-0.25, -0.2) is 13.6 Å². The molecule has 0 bridgehead atoms. The third kappa shape index (κ3) is 4.62. The summed E-state index contributed by atoms with van der Waals surface area (Å²) in [4.78, 5) is 12.1. The molecule has 2 rings (SSSR count). The summed E-state index contributed by atoms with van der Waals surface area (Å²) in [6, 6.07) is 9.36. The molecule has 1 heterocycles. The van der Waals surface area contributed by atoms with Gasteiger partial charge in [-0.1, -0.05) is 0 Å². The van der Waals surface area contributed by atoms with Gasteiger partial charge in [-0.3, -0.25) is 4.79 Å². The Morgan fingerprint density at radius 3 is 2.55 bits per heavy atom.